The van der Waals surface area contributed by atoms with E-state index in [1.54, 1.807) is 0 Å². The highest BCUT2D eigenvalue weighted by molar-refractivity contribution is 5.32. The first kappa shape index (κ1) is 13.4. The van der Waals surface area contributed by atoms with Gasteiger partial charge in [-0.3, -0.25) is 4.90 Å². The third-order valence-electron chi connectivity index (χ3n) is 3.43. The van der Waals surface area contributed by atoms with Crippen LogP contribution in [0, 0.1) is 0 Å². The highest BCUT2D eigenvalue weighted by Crippen LogP contribution is 2.30. The predicted octanol–water partition coefficient (Wildman–Crippen LogP) is 2.50. The molecule has 0 saturated heterocycles. The number of rotatable bonds is 3. The Labute approximate surface area is 105 Å². The Morgan fingerprint density at radius 2 is 2.00 bits per heavy atom. The Morgan fingerprint density at radius 1 is 1.28 bits per heavy atom. The number of hydrogen-bond donors (Lipinski definition) is 1. The number of halogens is 3. The van der Waals surface area contributed by atoms with Crippen molar-refractivity contribution >= 4 is 0 Å². The van der Waals surface area contributed by atoms with Crippen LogP contribution in [0.1, 0.15) is 23.6 Å². The van der Waals surface area contributed by atoms with Crippen LogP contribution in [0.2, 0.25) is 0 Å². The lowest BCUT2D eigenvalue weighted by atomic mass is 9.92. The molecule has 0 spiro atoms. The van der Waals surface area contributed by atoms with Crippen molar-refractivity contribution in [3.05, 3.63) is 35.4 Å². The second kappa shape index (κ2) is 5.28. The summed E-state index contributed by atoms with van der Waals surface area (Å²) < 4.78 is 36.8. The normalized spacial score (nSPS) is 20.8. The van der Waals surface area contributed by atoms with Crippen LogP contribution in [0.4, 0.5) is 13.2 Å². The first-order valence-corrected chi connectivity index (χ1v) is 6.10. The van der Waals surface area contributed by atoms with Crippen molar-refractivity contribution in [2.45, 2.75) is 25.1 Å². The second-order valence-electron chi connectivity index (χ2n) is 4.60. The SMILES string of the molecule is NCC1c2ccccc2CCN1CCC(F)(F)F. The Kier molecular flexibility index (Phi) is 3.92. The van der Waals surface area contributed by atoms with E-state index >= 15 is 0 Å². The number of hydrogen-bond acceptors (Lipinski definition) is 2. The van der Waals surface area contributed by atoms with Crippen LogP contribution in [0.3, 0.4) is 0 Å². The molecule has 1 unspecified atom stereocenters. The van der Waals surface area contributed by atoms with Crippen molar-refractivity contribution in [1.29, 1.82) is 0 Å². The molecule has 5 heteroatoms. The van der Waals surface area contributed by atoms with Crippen molar-refractivity contribution in [3.63, 3.8) is 0 Å². The Balaban J connectivity index is 2.11. The molecule has 2 N–H and O–H groups in total. The van der Waals surface area contributed by atoms with E-state index in [1.165, 1.54) is 5.56 Å². The molecule has 0 amide bonds. The quantitative estimate of drug-likeness (QED) is 0.902. The molecule has 0 bridgehead atoms. The van der Waals surface area contributed by atoms with Crippen LogP contribution in [-0.4, -0.2) is 30.7 Å². The Bertz CT molecular complexity index is 403. The molecule has 2 nitrogen and oxygen atoms in total. The van der Waals surface area contributed by atoms with Gasteiger partial charge in [0.25, 0.3) is 0 Å². The van der Waals surface area contributed by atoms with Gasteiger partial charge in [0, 0.05) is 25.7 Å². The van der Waals surface area contributed by atoms with Gasteiger partial charge in [-0.25, -0.2) is 0 Å². The number of benzene rings is 1. The van der Waals surface area contributed by atoms with E-state index in [0.29, 0.717) is 13.1 Å². The lowest BCUT2D eigenvalue weighted by molar-refractivity contribution is -0.139. The first-order valence-electron chi connectivity index (χ1n) is 6.10. The number of nitrogens with zero attached hydrogens (tertiary/aromatic N) is 1. The van der Waals surface area contributed by atoms with E-state index in [9.17, 15) is 13.2 Å². The monoisotopic (exact) mass is 258 g/mol. The van der Waals surface area contributed by atoms with E-state index in [1.807, 2.05) is 29.2 Å². The van der Waals surface area contributed by atoms with Gasteiger partial charge < -0.3 is 5.73 Å². The minimum Gasteiger partial charge on any atom is -0.329 e. The van der Waals surface area contributed by atoms with Crippen LogP contribution in [-0.2, 0) is 6.42 Å². The molecule has 1 heterocycles. The molecule has 1 aliphatic rings. The molecule has 1 aromatic carbocycles. The van der Waals surface area contributed by atoms with Crippen LogP contribution < -0.4 is 5.73 Å². The largest absolute Gasteiger partial charge is 0.390 e. The van der Waals surface area contributed by atoms with E-state index in [4.69, 9.17) is 5.73 Å². The minimum absolute atomic E-state index is 0.0275. The fourth-order valence-corrected chi connectivity index (χ4v) is 2.52. The van der Waals surface area contributed by atoms with Gasteiger partial charge in [-0.05, 0) is 17.5 Å². The number of nitrogens with two attached hydrogens (primary N) is 1. The number of fused-ring (bicyclic) bond motifs is 1. The summed E-state index contributed by atoms with van der Waals surface area (Å²) in [6.45, 7) is 1.03. The summed E-state index contributed by atoms with van der Waals surface area (Å²) >= 11 is 0. The molecule has 100 valence electrons. The van der Waals surface area contributed by atoms with Gasteiger partial charge in [0.05, 0.1) is 6.42 Å². The minimum atomic E-state index is -4.10. The molecular weight excluding hydrogens is 241 g/mol. The van der Waals surface area contributed by atoms with Gasteiger partial charge >= 0.3 is 6.18 Å². The average Bonchev–Trinajstić information content (AvgIpc) is 2.34. The number of alkyl halides is 3. The first-order chi connectivity index (χ1) is 8.51. The molecular formula is C13H17F3N2. The lowest BCUT2D eigenvalue weighted by Crippen LogP contribution is -2.40. The molecule has 1 aromatic rings. The fraction of sp³-hybridized carbons (Fsp3) is 0.538. The maximum absolute atomic E-state index is 12.3. The maximum Gasteiger partial charge on any atom is 0.390 e. The van der Waals surface area contributed by atoms with Crippen LogP contribution in [0.25, 0.3) is 0 Å². The van der Waals surface area contributed by atoms with Crippen molar-refractivity contribution < 1.29 is 13.2 Å². The third kappa shape index (κ3) is 3.03. The Morgan fingerprint density at radius 3 is 2.67 bits per heavy atom. The predicted molar refractivity (Wildman–Crippen MR) is 64.2 cm³/mol. The van der Waals surface area contributed by atoms with Crippen molar-refractivity contribution in [2.75, 3.05) is 19.6 Å². The zero-order chi connectivity index (χ0) is 13.2. The Hall–Kier alpha value is -1.07. The molecule has 0 aliphatic carbocycles. The summed E-state index contributed by atoms with van der Waals surface area (Å²) in [4.78, 5) is 1.84. The van der Waals surface area contributed by atoms with Gasteiger partial charge in [-0.1, -0.05) is 24.3 Å². The molecule has 1 aliphatic heterocycles. The summed E-state index contributed by atoms with van der Waals surface area (Å²) in [5.74, 6) is 0. The van der Waals surface area contributed by atoms with Crippen molar-refractivity contribution in [1.82, 2.24) is 4.90 Å². The lowest BCUT2D eigenvalue weighted by Gasteiger charge is -2.36. The van der Waals surface area contributed by atoms with Crippen LogP contribution in [0.15, 0.2) is 24.3 Å². The van der Waals surface area contributed by atoms with Crippen molar-refractivity contribution in [2.24, 2.45) is 5.73 Å². The molecule has 0 fully saturated rings. The van der Waals surface area contributed by atoms with Crippen LogP contribution >= 0.6 is 0 Å². The van der Waals surface area contributed by atoms with Gasteiger partial charge in [0.2, 0.25) is 0 Å². The molecule has 0 saturated carbocycles. The van der Waals surface area contributed by atoms with E-state index in [-0.39, 0.29) is 12.6 Å². The average molecular weight is 258 g/mol. The second-order valence-corrected chi connectivity index (χ2v) is 4.60. The third-order valence-corrected chi connectivity index (χ3v) is 3.43. The smallest absolute Gasteiger partial charge is 0.329 e. The van der Waals surface area contributed by atoms with Gasteiger partial charge in [-0.2, -0.15) is 13.2 Å². The topological polar surface area (TPSA) is 29.3 Å². The fourth-order valence-electron chi connectivity index (χ4n) is 2.52. The van der Waals surface area contributed by atoms with E-state index < -0.39 is 12.6 Å². The van der Waals surface area contributed by atoms with Gasteiger partial charge in [0.15, 0.2) is 0 Å². The summed E-state index contributed by atoms with van der Waals surface area (Å²) in [5, 5.41) is 0. The molecule has 2 rings (SSSR count). The van der Waals surface area contributed by atoms with Gasteiger partial charge in [-0.15, -0.1) is 0 Å². The van der Waals surface area contributed by atoms with E-state index in [2.05, 4.69) is 0 Å². The zero-order valence-electron chi connectivity index (χ0n) is 10.1. The van der Waals surface area contributed by atoms with Gasteiger partial charge in [0.1, 0.15) is 0 Å². The maximum atomic E-state index is 12.3. The summed E-state index contributed by atoms with van der Waals surface area (Å²) in [5.41, 5.74) is 8.01. The van der Waals surface area contributed by atoms with Crippen molar-refractivity contribution in [3.8, 4) is 0 Å². The standard InChI is InChI=1S/C13H17F3N2/c14-13(15,16)6-8-18-7-5-10-3-1-2-4-11(10)12(18)9-17/h1-4,12H,5-9,17H2. The highest BCUT2D eigenvalue weighted by atomic mass is 19.4. The molecule has 0 aromatic heterocycles. The summed E-state index contributed by atoms with van der Waals surface area (Å²) in [6, 6.07) is 7.77. The van der Waals surface area contributed by atoms with E-state index in [0.717, 1.165) is 12.0 Å². The van der Waals surface area contributed by atoms with Crippen LogP contribution in [0.5, 0.6) is 0 Å². The molecule has 18 heavy (non-hydrogen) atoms. The summed E-state index contributed by atoms with van der Waals surface area (Å²) in [7, 11) is 0. The molecule has 1 atom stereocenters. The zero-order valence-corrected chi connectivity index (χ0v) is 10.1. The molecule has 0 radical (unpaired) electrons. The summed E-state index contributed by atoms with van der Waals surface area (Å²) in [6.07, 6.45) is -4.08. The highest BCUT2D eigenvalue weighted by Gasteiger charge is 2.31.